The van der Waals surface area contributed by atoms with Gasteiger partial charge in [-0.15, -0.1) is 0 Å². The Labute approximate surface area is 122 Å². The summed E-state index contributed by atoms with van der Waals surface area (Å²) in [6.07, 6.45) is 1.92. The van der Waals surface area contributed by atoms with E-state index < -0.39 is 8.60 Å². The highest BCUT2D eigenvalue weighted by molar-refractivity contribution is 7.41. The van der Waals surface area contributed by atoms with Crippen molar-refractivity contribution in [2.24, 2.45) is 5.73 Å². The summed E-state index contributed by atoms with van der Waals surface area (Å²) in [4.78, 5) is 0. The van der Waals surface area contributed by atoms with Crippen molar-refractivity contribution in [2.75, 3.05) is 33.9 Å². The zero-order chi connectivity index (χ0) is 14.6. The van der Waals surface area contributed by atoms with E-state index in [1.165, 1.54) is 5.56 Å². The van der Waals surface area contributed by atoms with E-state index in [1.807, 2.05) is 6.07 Å². The predicted molar refractivity (Wildman–Crippen MR) is 82.5 cm³/mol. The summed E-state index contributed by atoms with van der Waals surface area (Å²) in [7, 11) is 1.92. The van der Waals surface area contributed by atoms with Crippen LogP contribution in [-0.4, -0.2) is 40.0 Å². The fourth-order valence-corrected chi connectivity index (χ4v) is 2.56. The zero-order valence-electron chi connectivity index (χ0n) is 12.2. The van der Waals surface area contributed by atoms with Crippen molar-refractivity contribution in [3.8, 4) is 0 Å². The van der Waals surface area contributed by atoms with Crippen LogP contribution in [0.2, 0.25) is 0 Å². The first-order chi connectivity index (χ1) is 9.80. The highest BCUT2D eigenvalue weighted by Gasteiger charge is 2.17. The summed E-state index contributed by atoms with van der Waals surface area (Å²) >= 11 is 0. The Hall–Kier alpha value is -0.550. The molecule has 0 spiro atoms. The molecule has 0 bridgehead atoms. The third kappa shape index (κ3) is 7.29. The third-order valence-electron chi connectivity index (χ3n) is 2.82. The number of rotatable bonds is 11. The van der Waals surface area contributed by atoms with Crippen LogP contribution < -0.4 is 11.1 Å². The summed E-state index contributed by atoms with van der Waals surface area (Å²) in [5.41, 5.74) is 6.79. The molecular weight excluding hydrogens is 275 g/mol. The second-order valence-corrected chi connectivity index (χ2v) is 5.72. The molecule has 6 heteroatoms. The van der Waals surface area contributed by atoms with E-state index in [4.69, 9.17) is 19.3 Å². The van der Waals surface area contributed by atoms with Gasteiger partial charge in [-0.05, 0) is 18.4 Å². The highest BCUT2D eigenvalue weighted by atomic mass is 31.2. The average molecular weight is 300 g/mol. The van der Waals surface area contributed by atoms with Crippen LogP contribution in [0.1, 0.15) is 12.0 Å². The molecule has 0 saturated heterocycles. The molecule has 0 aliphatic heterocycles. The lowest BCUT2D eigenvalue weighted by molar-refractivity contribution is 0.137. The van der Waals surface area contributed by atoms with E-state index in [-0.39, 0.29) is 6.10 Å². The molecular formula is C14H25N2O3P. The Morgan fingerprint density at radius 3 is 2.50 bits per heavy atom. The average Bonchev–Trinajstić information content (AvgIpc) is 2.50. The maximum absolute atomic E-state index is 5.83. The summed E-state index contributed by atoms with van der Waals surface area (Å²) in [5.74, 6) is 0. The summed E-state index contributed by atoms with van der Waals surface area (Å²) in [6, 6.07) is 10.4. The lowest BCUT2D eigenvalue weighted by Crippen LogP contribution is -2.32. The van der Waals surface area contributed by atoms with Gasteiger partial charge in [0.25, 0.3) is 0 Å². The normalized spacial score (nSPS) is 12.8. The molecule has 0 heterocycles. The molecule has 1 atom stereocenters. The SMILES string of the molecule is COP(OC)OC(CCc1ccccc1)CNCCN. The largest absolute Gasteiger partial charge is 0.332 e. The number of aryl methyl sites for hydroxylation is 1. The number of nitrogens with two attached hydrogens (primary N) is 1. The van der Waals surface area contributed by atoms with Gasteiger partial charge in [-0.25, -0.2) is 0 Å². The molecule has 1 unspecified atom stereocenters. The van der Waals surface area contributed by atoms with Crippen LogP contribution in [0.25, 0.3) is 0 Å². The standard InChI is InChI=1S/C14H25N2O3P/c1-17-20(18-2)19-14(12-16-11-10-15)9-8-13-6-4-3-5-7-13/h3-7,14,16H,8-12,15H2,1-2H3. The Morgan fingerprint density at radius 2 is 1.90 bits per heavy atom. The topological polar surface area (TPSA) is 65.7 Å². The van der Waals surface area contributed by atoms with Gasteiger partial charge in [0.2, 0.25) is 0 Å². The molecule has 1 rings (SSSR count). The maximum atomic E-state index is 5.83. The molecule has 0 aromatic heterocycles. The van der Waals surface area contributed by atoms with E-state index in [9.17, 15) is 0 Å². The molecule has 0 aliphatic rings. The Morgan fingerprint density at radius 1 is 1.20 bits per heavy atom. The summed E-state index contributed by atoms with van der Waals surface area (Å²) in [6.45, 7) is 2.15. The van der Waals surface area contributed by atoms with Crippen molar-refractivity contribution >= 4 is 8.60 Å². The van der Waals surface area contributed by atoms with E-state index in [0.717, 1.165) is 25.9 Å². The number of hydrogen-bond donors (Lipinski definition) is 2. The molecule has 5 nitrogen and oxygen atoms in total. The Kier molecular flexibility index (Phi) is 9.75. The van der Waals surface area contributed by atoms with Crippen molar-refractivity contribution in [3.63, 3.8) is 0 Å². The van der Waals surface area contributed by atoms with E-state index >= 15 is 0 Å². The minimum atomic E-state index is -1.27. The first-order valence-electron chi connectivity index (χ1n) is 6.80. The molecule has 0 amide bonds. The van der Waals surface area contributed by atoms with Crippen LogP contribution >= 0.6 is 8.60 Å². The third-order valence-corrected chi connectivity index (χ3v) is 3.89. The van der Waals surface area contributed by atoms with Gasteiger partial charge in [-0.1, -0.05) is 30.3 Å². The molecule has 114 valence electrons. The van der Waals surface area contributed by atoms with Crippen LogP contribution in [0.3, 0.4) is 0 Å². The van der Waals surface area contributed by atoms with Gasteiger partial charge < -0.3 is 24.6 Å². The lowest BCUT2D eigenvalue weighted by atomic mass is 10.1. The van der Waals surface area contributed by atoms with Crippen LogP contribution in [0.4, 0.5) is 0 Å². The Balaban J connectivity index is 2.43. The summed E-state index contributed by atoms with van der Waals surface area (Å²) in [5, 5.41) is 3.27. The molecule has 0 fully saturated rings. The van der Waals surface area contributed by atoms with E-state index in [1.54, 1.807) is 14.2 Å². The van der Waals surface area contributed by atoms with Crippen LogP contribution in [0.5, 0.6) is 0 Å². The minimum Gasteiger partial charge on any atom is -0.329 e. The molecule has 0 radical (unpaired) electrons. The van der Waals surface area contributed by atoms with E-state index in [0.29, 0.717) is 6.54 Å². The van der Waals surface area contributed by atoms with Gasteiger partial charge in [-0.3, -0.25) is 0 Å². The Bertz CT molecular complexity index is 336. The molecule has 20 heavy (non-hydrogen) atoms. The quantitative estimate of drug-likeness (QED) is 0.484. The van der Waals surface area contributed by atoms with Crippen molar-refractivity contribution in [2.45, 2.75) is 18.9 Å². The van der Waals surface area contributed by atoms with Gasteiger partial charge in [0.15, 0.2) is 0 Å². The monoisotopic (exact) mass is 300 g/mol. The van der Waals surface area contributed by atoms with Crippen LogP contribution in [-0.2, 0) is 20.0 Å². The maximum Gasteiger partial charge on any atom is 0.332 e. The fraction of sp³-hybridized carbons (Fsp3) is 0.571. The van der Waals surface area contributed by atoms with Crippen molar-refractivity contribution in [3.05, 3.63) is 35.9 Å². The lowest BCUT2D eigenvalue weighted by Gasteiger charge is -2.21. The number of hydrogen-bond acceptors (Lipinski definition) is 5. The van der Waals surface area contributed by atoms with Gasteiger partial charge in [0.05, 0.1) is 6.10 Å². The van der Waals surface area contributed by atoms with Crippen molar-refractivity contribution < 1.29 is 13.6 Å². The van der Waals surface area contributed by atoms with Crippen LogP contribution in [0, 0.1) is 0 Å². The highest BCUT2D eigenvalue weighted by Crippen LogP contribution is 2.39. The molecule has 1 aromatic rings. The molecule has 1 aromatic carbocycles. The number of benzene rings is 1. The van der Waals surface area contributed by atoms with E-state index in [2.05, 4.69) is 29.6 Å². The van der Waals surface area contributed by atoms with Crippen molar-refractivity contribution in [1.82, 2.24) is 5.32 Å². The van der Waals surface area contributed by atoms with Crippen molar-refractivity contribution in [1.29, 1.82) is 0 Å². The molecule has 0 saturated carbocycles. The smallest absolute Gasteiger partial charge is 0.329 e. The molecule has 3 N–H and O–H groups in total. The van der Waals surface area contributed by atoms with Crippen LogP contribution in [0.15, 0.2) is 30.3 Å². The zero-order valence-corrected chi connectivity index (χ0v) is 13.1. The fourth-order valence-electron chi connectivity index (χ4n) is 1.81. The van der Waals surface area contributed by atoms with Gasteiger partial charge in [0, 0.05) is 33.9 Å². The minimum absolute atomic E-state index is 0.0489. The first kappa shape index (κ1) is 17.5. The first-order valence-corrected chi connectivity index (χ1v) is 7.89. The van der Waals surface area contributed by atoms with Gasteiger partial charge in [0.1, 0.15) is 0 Å². The van der Waals surface area contributed by atoms with Gasteiger partial charge in [-0.2, -0.15) is 0 Å². The predicted octanol–water partition coefficient (Wildman–Crippen LogP) is 2.07. The second kappa shape index (κ2) is 11.1. The number of nitrogens with one attached hydrogen (secondary N) is 1. The van der Waals surface area contributed by atoms with Gasteiger partial charge >= 0.3 is 8.60 Å². The summed E-state index contributed by atoms with van der Waals surface area (Å²) < 4.78 is 16.1. The second-order valence-electron chi connectivity index (χ2n) is 4.33. The molecule has 0 aliphatic carbocycles.